The zero-order valence-electron chi connectivity index (χ0n) is 12.8. The van der Waals surface area contributed by atoms with Gasteiger partial charge >= 0.3 is 5.97 Å². The van der Waals surface area contributed by atoms with Crippen molar-refractivity contribution in [1.29, 1.82) is 0 Å². The van der Waals surface area contributed by atoms with E-state index in [4.69, 9.17) is 9.84 Å². The largest absolute Gasteiger partial charge is 0.480 e. The fraction of sp³-hybridized carbons (Fsp3) is 0.867. The van der Waals surface area contributed by atoms with Crippen molar-refractivity contribution in [2.75, 3.05) is 26.8 Å². The van der Waals surface area contributed by atoms with Gasteiger partial charge in [-0.05, 0) is 37.5 Å². The smallest absolute Gasteiger partial charge is 0.323 e. The van der Waals surface area contributed by atoms with Crippen LogP contribution in [0, 0.1) is 17.8 Å². The van der Waals surface area contributed by atoms with E-state index in [9.17, 15) is 9.59 Å². The first kappa shape index (κ1) is 17.0. The molecule has 1 aliphatic rings. The highest BCUT2D eigenvalue weighted by atomic mass is 16.5. The van der Waals surface area contributed by atoms with Crippen molar-refractivity contribution in [3.63, 3.8) is 0 Å². The highest BCUT2D eigenvalue weighted by molar-refractivity contribution is 5.83. The fourth-order valence-electron chi connectivity index (χ4n) is 2.92. The molecule has 1 saturated carbocycles. The molecule has 0 heterocycles. The molecule has 0 aromatic carbocycles. The Hall–Kier alpha value is -1.10. The Bertz CT molecular complexity index is 322. The Kier molecular flexibility index (Phi) is 6.99. The monoisotopic (exact) mass is 285 g/mol. The van der Waals surface area contributed by atoms with Crippen LogP contribution in [-0.2, 0) is 14.3 Å². The topological polar surface area (TPSA) is 66.8 Å². The second-order valence-corrected chi connectivity index (χ2v) is 6.00. The molecule has 0 bridgehead atoms. The molecule has 1 rings (SSSR count). The van der Waals surface area contributed by atoms with E-state index in [0.717, 1.165) is 25.7 Å². The first-order chi connectivity index (χ1) is 9.45. The SMILES string of the molecule is COCCN(CC(=O)O)C(=O)C1CCC(C(C)C)CC1. The summed E-state index contributed by atoms with van der Waals surface area (Å²) in [6, 6.07) is 0. The van der Waals surface area contributed by atoms with E-state index in [1.54, 1.807) is 7.11 Å². The summed E-state index contributed by atoms with van der Waals surface area (Å²) in [4.78, 5) is 24.7. The number of ether oxygens (including phenoxy) is 1. The number of carbonyl (C=O) groups excluding carboxylic acids is 1. The van der Waals surface area contributed by atoms with E-state index >= 15 is 0 Å². The molecule has 0 atom stereocenters. The average Bonchev–Trinajstić information content (AvgIpc) is 2.42. The average molecular weight is 285 g/mol. The lowest BCUT2D eigenvalue weighted by Gasteiger charge is -2.33. The number of hydrogen-bond acceptors (Lipinski definition) is 3. The maximum atomic E-state index is 12.4. The fourth-order valence-corrected chi connectivity index (χ4v) is 2.92. The van der Waals surface area contributed by atoms with Gasteiger partial charge in [0.15, 0.2) is 0 Å². The highest BCUT2D eigenvalue weighted by Crippen LogP contribution is 2.34. The Morgan fingerprint density at radius 2 is 1.85 bits per heavy atom. The summed E-state index contributed by atoms with van der Waals surface area (Å²) in [5, 5.41) is 8.91. The Morgan fingerprint density at radius 1 is 1.25 bits per heavy atom. The highest BCUT2D eigenvalue weighted by Gasteiger charge is 2.30. The molecule has 5 nitrogen and oxygen atoms in total. The standard InChI is InChI=1S/C15H27NO4/c1-11(2)12-4-6-13(7-5-12)15(19)16(8-9-20-3)10-14(17)18/h11-13H,4-10H2,1-3H3,(H,17,18). The summed E-state index contributed by atoms with van der Waals surface area (Å²) < 4.78 is 4.95. The molecule has 5 heteroatoms. The second-order valence-electron chi connectivity index (χ2n) is 6.00. The van der Waals surface area contributed by atoms with Crippen LogP contribution in [0.5, 0.6) is 0 Å². The zero-order valence-corrected chi connectivity index (χ0v) is 12.8. The molecule has 0 saturated heterocycles. The van der Waals surface area contributed by atoms with Gasteiger partial charge in [0.25, 0.3) is 0 Å². The summed E-state index contributed by atoms with van der Waals surface area (Å²) in [7, 11) is 1.55. The molecule has 0 radical (unpaired) electrons. The third-order valence-electron chi connectivity index (χ3n) is 4.27. The summed E-state index contributed by atoms with van der Waals surface area (Å²) in [5.41, 5.74) is 0. The minimum atomic E-state index is -0.967. The van der Waals surface area contributed by atoms with E-state index in [2.05, 4.69) is 13.8 Å². The summed E-state index contributed by atoms with van der Waals surface area (Å²) in [6.07, 6.45) is 3.90. The number of nitrogens with zero attached hydrogens (tertiary/aromatic N) is 1. The van der Waals surface area contributed by atoms with Gasteiger partial charge in [0.2, 0.25) is 5.91 Å². The van der Waals surface area contributed by atoms with E-state index in [1.807, 2.05) is 0 Å². The number of methoxy groups -OCH3 is 1. The summed E-state index contributed by atoms with van der Waals surface area (Å²) in [6.45, 7) is 4.95. The summed E-state index contributed by atoms with van der Waals surface area (Å²) in [5.74, 6) is 0.360. The second kappa shape index (κ2) is 8.25. The Balaban J connectivity index is 2.54. The van der Waals surface area contributed by atoms with Gasteiger partial charge in [0.1, 0.15) is 6.54 Å². The number of hydrogen-bond donors (Lipinski definition) is 1. The van der Waals surface area contributed by atoms with E-state index in [0.29, 0.717) is 25.0 Å². The number of amides is 1. The molecule has 0 aromatic heterocycles. The summed E-state index contributed by atoms with van der Waals surface area (Å²) >= 11 is 0. The molecule has 1 N–H and O–H groups in total. The Labute approximate surface area is 121 Å². The van der Waals surface area contributed by atoms with Gasteiger partial charge in [-0.25, -0.2) is 0 Å². The first-order valence-electron chi connectivity index (χ1n) is 7.45. The molecule has 0 unspecified atom stereocenters. The van der Waals surface area contributed by atoms with E-state index in [-0.39, 0.29) is 18.4 Å². The van der Waals surface area contributed by atoms with Crippen molar-refractivity contribution < 1.29 is 19.4 Å². The van der Waals surface area contributed by atoms with Crippen LogP contribution in [0.2, 0.25) is 0 Å². The number of rotatable bonds is 7. The van der Waals surface area contributed by atoms with Crippen molar-refractivity contribution in [2.24, 2.45) is 17.8 Å². The van der Waals surface area contributed by atoms with Gasteiger partial charge < -0.3 is 14.7 Å². The number of carboxylic acids is 1. The molecular weight excluding hydrogens is 258 g/mol. The first-order valence-corrected chi connectivity index (χ1v) is 7.45. The third kappa shape index (κ3) is 5.12. The van der Waals surface area contributed by atoms with Crippen LogP contribution in [0.1, 0.15) is 39.5 Å². The minimum absolute atomic E-state index is 0.0128. The number of aliphatic carboxylic acids is 1. The molecule has 1 aliphatic carbocycles. The molecule has 0 aliphatic heterocycles. The van der Waals surface area contributed by atoms with Gasteiger partial charge in [0.05, 0.1) is 6.61 Å². The maximum Gasteiger partial charge on any atom is 0.323 e. The van der Waals surface area contributed by atoms with Gasteiger partial charge in [0, 0.05) is 19.6 Å². The van der Waals surface area contributed by atoms with Crippen LogP contribution in [-0.4, -0.2) is 48.7 Å². The van der Waals surface area contributed by atoms with Crippen molar-refractivity contribution in [2.45, 2.75) is 39.5 Å². The van der Waals surface area contributed by atoms with Gasteiger partial charge in [-0.1, -0.05) is 13.8 Å². The van der Waals surface area contributed by atoms with Crippen molar-refractivity contribution in [3.8, 4) is 0 Å². The third-order valence-corrected chi connectivity index (χ3v) is 4.27. The van der Waals surface area contributed by atoms with Crippen molar-refractivity contribution in [1.82, 2.24) is 4.90 Å². The minimum Gasteiger partial charge on any atom is -0.480 e. The Morgan fingerprint density at radius 3 is 2.30 bits per heavy atom. The van der Waals surface area contributed by atoms with Crippen molar-refractivity contribution in [3.05, 3.63) is 0 Å². The molecule has 20 heavy (non-hydrogen) atoms. The number of carbonyl (C=O) groups is 2. The molecule has 0 aromatic rings. The molecule has 116 valence electrons. The molecule has 0 spiro atoms. The quantitative estimate of drug-likeness (QED) is 0.777. The van der Waals surface area contributed by atoms with Crippen LogP contribution in [0.4, 0.5) is 0 Å². The predicted octanol–water partition coefficient (Wildman–Crippen LogP) is 2.01. The van der Waals surface area contributed by atoms with Crippen LogP contribution >= 0.6 is 0 Å². The molecular formula is C15H27NO4. The van der Waals surface area contributed by atoms with Crippen molar-refractivity contribution >= 4 is 11.9 Å². The van der Waals surface area contributed by atoms with Gasteiger partial charge in [-0.15, -0.1) is 0 Å². The zero-order chi connectivity index (χ0) is 15.1. The molecule has 1 amide bonds. The maximum absolute atomic E-state index is 12.4. The van der Waals surface area contributed by atoms with Gasteiger partial charge in [-0.3, -0.25) is 9.59 Å². The predicted molar refractivity (Wildman–Crippen MR) is 76.4 cm³/mol. The normalized spacial score (nSPS) is 22.8. The van der Waals surface area contributed by atoms with E-state index in [1.165, 1.54) is 4.90 Å². The molecule has 1 fully saturated rings. The van der Waals surface area contributed by atoms with Crippen LogP contribution in [0.3, 0.4) is 0 Å². The van der Waals surface area contributed by atoms with Gasteiger partial charge in [-0.2, -0.15) is 0 Å². The van der Waals surface area contributed by atoms with Crippen LogP contribution in [0.25, 0.3) is 0 Å². The lowest BCUT2D eigenvalue weighted by Crippen LogP contribution is -2.42. The number of carboxylic acid groups (broad SMARTS) is 1. The lowest BCUT2D eigenvalue weighted by molar-refractivity contribution is -0.147. The van der Waals surface area contributed by atoms with E-state index < -0.39 is 5.97 Å². The van der Waals surface area contributed by atoms with Crippen LogP contribution < -0.4 is 0 Å². The lowest BCUT2D eigenvalue weighted by atomic mass is 9.76. The van der Waals surface area contributed by atoms with Crippen LogP contribution in [0.15, 0.2) is 0 Å².